The first-order valence-electron chi connectivity index (χ1n) is 12.0. The van der Waals surface area contributed by atoms with Crippen LogP contribution in [0.1, 0.15) is 31.2 Å². The van der Waals surface area contributed by atoms with Crippen LogP contribution in [0.25, 0.3) is 15.8 Å². The van der Waals surface area contributed by atoms with Crippen molar-refractivity contribution in [3.05, 3.63) is 53.2 Å². The second-order valence-electron chi connectivity index (χ2n) is 8.77. The molecule has 1 aromatic carbocycles. The Labute approximate surface area is 217 Å². The van der Waals surface area contributed by atoms with Gasteiger partial charge in [-0.3, -0.25) is 0 Å². The zero-order valence-corrected chi connectivity index (χ0v) is 21.8. The van der Waals surface area contributed by atoms with Gasteiger partial charge in [-0.05, 0) is 48.2 Å². The quantitative estimate of drug-likeness (QED) is 0.459. The Hall–Kier alpha value is -2.04. The lowest BCUT2D eigenvalue weighted by atomic mass is 10.0. The average Bonchev–Trinajstić information content (AvgIpc) is 3.30. The van der Waals surface area contributed by atoms with Crippen LogP contribution in [0.15, 0.2) is 42.6 Å². The van der Waals surface area contributed by atoms with Crippen molar-refractivity contribution in [2.75, 3.05) is 43.4 Å². The van der Waals surface area contributed by atoms with E-state index in [0.717, 1.165) is 60.1 Å². The van der Waals surface area contributed by atoms with E-state index in [1.165, 1.54) is 11.1 Å². The van der Waals surface area contributed by atoms with Crippen molar-refractivity contribution in [3.63, 3.8) is 0 Å². The molecular weight excluding hydrogens is 504 g/mol. The Morgan fingerprint density at radius 2 is 2.06 bits per heavy atom. The van der Waals surface area contributed by atoms with Gasteiger partial charge in [0.1, 0.15) is 11.9 Å². The number of halogens is 1. The maximum atomic E-state index is 12.3. The highest BCUT2D eigenvalue weighted by Crippen LogP contribution is 2.33. The van der Waals surface area contributed by atoms with Crippen LogP contribution >= 0.6 is 22.9 Å². The molecule has 2 aromatic heterocycles. The Balaban J connectivity index is 1.18. The number of anilines is 1. The number of aromatic nitrogens is 2. The summed E-state index contributed by atoms with van der Waals surface area (Å²) in [5.74, 6) is 1.48. The molecule has 5 rings (SSSR count). The van der Waals surface area contributed by atoms with E-state index in [4.69, 9.17) is 26.4 Å². The molecule has 186 valence electrons. The van der Waals surface area contributed by atoms with Crippen LogP contribution in [0.2, 0.25) is 5.02 Å². The molecule has 1 fully saturated rings. The molecule has 35 heavy (non-hydrogen) atoms. The van der Waals surface area contributed by atoms with Crippen molar-refractivity contribution in [3.8, 4) is 5.19 Å². The Kier molecular flexibility index (Phi) is 7.99. The van der Waals surface area contributed by atoms with Gasteiger partial charge in [0.25, 0.3) is 5.19 Å². The van der Waals surface area contributed by atoms with Gasteiger partial charge in [0.2, 0.25) is 0 Å². The van der Waals surface area contributed by atoms with E-state index < -0.39 is 11.0 Å². The monoisotopic (exact) mass is 532 g/mol. The Morgan fingerprint density at radius 1 is 1.20 bits per heavy atom. The minimum Gasteiger partial charge on any atom is -0.467 e. The number of hydrogen-bond donors (Lipinski definition) is 1. The summed E-state index contributed by atoms with van der Waals surface area (Å²) in [4.78, 5) is 11.4. The summed E-state index contributed by atoms with van der Waals surface area (Å²) < 4.78 is 21.7. The summed E-state index contributed by atoms with van der Waals surface area (Å²) in [5.41, 5.74) is 3.43. The number of benzene rings is 1. The van der Waals surface area contributed by atoms with Crippen molar-refractivity contribution < 1.29 is 14.1 Å². The first-order valence-corrected chi connectivity index (χ1v) is 14.4. The Morgan fingerprint density at radius 3 is 2.77 bits per heavy atom. The standard InChI is InChI=1S/C25H29ClN4O3S2/c26-20-3-5-24(27-17-20)29-10-8-21(9-11-29)33-25-28-22-4-2-19(16-23(22)34-25)18-6-12-30(13-7-18)35(32)15-1-14-31/h2-6,16-17,21,31H,1,7-15H2. The van der Waals surface area contributed by atoms with Gasteiger partial charge in [-0.25, -0.2) is 18.5 Å². The predicted molar refractivity (Wildman–Crippen MR) is 144 cm³/mol. The van der Waals surface area contributed by atoms with Crippen LogP contribution in [0.3, 0.4) is 0 Å². The zero-order valence-electron chi connectivity index (χ0n) is 19.4. The lowest BCUT2D eigenvalue weighted by Gasteiger charge is -2.32. The number of thiazole rings is 1. The normalized spacial score (nSPS) is 18.6. The molecule has 2 aliphatic rings. The molecule has 0 radical (unpaired) electrons. The minimum atomic E-state index is -1.02. The van der Waals surface area contributed by atoms with E-state index in [9.17, 15) is 4.21 Å². The molecule has 0 bridgehead atoms. The Bertz CT molecular complexity index is 1210. The van der Waals surface area contributed by atoms with E-state index in [-0.39, 0.29) is 12.7 Å². The number of ether oxygens (including phenoxy) is 1. The topological polar surface area (TPSA) is 78.8 Å². The molecule has 0 saturated carbocycles. The first-order chi connectivity index (χ1) is 17.1. The maximum absolute atomic E-state index is 12.3. The molecule has 0 spiro atoms. The highest BCUT2D eigenvalue weighted by molar-refractivity contribution is 7.82. The van der Waals surface area contributed by atoms with Crippen LogP contribution in [0, 0.1) is 0 Å². The molecule has 1 saturated heterocycles. The van der Waals surface area contributed by atoms with Gasteiger partial charge in [0.05, 0.1) is 26.2 Å². The molecule has 10 heteroatoms. The molecule has 0 amide bonds. The van der Waals surface area contributed by atoms with Gasteiger partial charge < -0.3 is 14.7 Å². The molecule has 2 aliphatic heterocycles. The fourth-order valence-corrected chi connectivity index (χ4v) is 6.67. The summed E-state index contributed by atoms with van der Waals surface area (Å²) in [6.45, 7) is 3.31. The number of piperidine rings is 1. The van der Waals surface area contributed by atoms with Crippen molar-refractivity contribution >= 4 is 55.5 Å². The highest BCUT2D eigenvalue weighted by atomic mass is 35.5. The van der Waals surface area contributed by atoms with Crippen molar-refractivity contribution in [2.24, 2.45) is 0 Å². The molecule has 3 aromatic rings. The van der Waals surface area contributed by atoms with Gasteiger partial charge in [0.15, 0.2) is 0 Å². The fraction of sp³-hybridized carbons (Fsp3) is 0.440. The van der Waals surface area contributed by atoms with Crippen LogP contribution < -0.4 is 9.64 Å². The zero-order chi connectivity index (χ0) is 24.2. The van der Waals surface area contributed by atoms with Gasteiger partial charge in [-0.2, -0.15) is 0 Å². The number of pyridine rings is 1. The van der Waals surface area contributed by atoms with Crippen LogP contribution in [0.5, 0.6) is 5.19 Å². The molecule has 1 atom stereocenters. The van der Waals surface area contributed by atoms with Gasteiger partial charge in [0, 0.05) is 57.6 Å². The number of fused-ring (bicyclic) bond motifs is 1. The third kappa shape index (κ3) is 6.03. The molecule has 1 N–H and O–H groups in total. The number of rotatable bonds is 8. The summed E-state index contributed by atoms with van der Waals surface area (Å²) in [6.07, 6.45) is 7.29. The first kappa shape index (κ1) is 24.6. The third-order valence-electron chi connectivity index (χ3n) is 6.42. The molecule has 1 unspecified atom stereocenters. The molecule has 7 nitrogen and oxygen atoms in total. The van der Waals surface area contributed by atoms with Crippen LogP contribution in [-0.2, 0) is 11.0 Å². The lowest BCUT2D eigenvalue weighted by molar-refractivity contribution is 0.170. The fourth-order valence-electron chi connectivity index (χ4n) is 4.47. The summed E-state index contributed by atoms with van der Waals surface area (Å²) >= 11 is 7.55. The minimum absolute atomic E-state index is 0.0846. The number of nitrogens with zero attached hydrogens (tertiary/aromatic N) is 4. The van der Waals surface area contributed by atoms with E-state index >= 15 is 0 Å². The molecule has 4 heterocycles. The van der Waals surface area contributed by atoms with Crippen LogP contribution in [-0.4, -0.2) is 68.2 Å². The second kappa shape index (κ2) is 11.3. The smallest absolute Gasteiger partial charge is 0.274 e. The van der Waals surface area contributed by atoms with Gasteiger partial charge in [-0.15, -0.1) is 0 Å². The summed E-state index contributed by atoms with van der Waals surface area (Å²) in [7, 11) is -1.02. The van der Waals surface area contributed by atoms with E-state index in [1.54, 1.807) is 17.5 Å². The highest BCUT2D eigenvalue weighted by Gasteiger charge is 2.23. The molecule has 0 aliphatic carbocycles. The maximum Gasteiger partial charge on any atom is 0.274 e. The summed E-state index contributed by atoms with van der Waals surface area (Å²) in [6, 6.07) is 10.2. The number of aliphatic hydroxyl groups excluding tert-OH is 1. The number of hydrogen-bond acceptors (Lipinski definition) is 7. The van der Waals surface area contributed by atoms with E-state index in [1.807, 2.05) is 16.4 Å². The molecular formula is C25H29ClN4O3S2. The van der Waals surface area contributed by atoms with Gasteiger partial charge >= 0.3 is 0 Å². The number of aliphatic hydroxyl groups is 1. The van der Waals surface area contributed by atoms with Crippen molar-refractivity contribution in [2.45, 2.75) is 31.8 Å². The second-order valence-corrected chi connectivity index (χ2v) is 11.8. The largest absolute Gasteiger partial charge is 0.467 e. The SMILES string of the molecule is O=S(CCCO)N1CC=C(c2ccc3nc(OC4CCN(c5ccc(Cl)cn5)CC4)sc3c2)CC1. The van der Waals surface area contributed by atoms with E-state index in [0.29, 0.717) is 23.7 Å². The predicted octanol–water partition coefficient (Wildman–Crippen LogP) is 4.53. The average molecular weight is 533 g/mol. The van der Waals surface area contributed by atoms with E-state index in [2.05, 4.69) is 34.2 Å². The third-order valence-corrected chi connectivity index (χ3v) is 9.10. The van der Waals surface area contributed by atoms with Crippen molar-refractivity contribution in [1.29, 1.82) is 0 Å². The summed E-state index contributed by atoms with van der Waals surface area (Å²) in [5, 5.41) is 10.3. The van der Waals surface area contributed by atoms with Gasteiger partial charge in [-0.1, -0.05) is 35.1 Å². The van der Waals surface area contributed by atoms with Crippen molar-refractivity contribution in [1.82, 2.24) is 14.3 Å². The van der Waals surface area contributed by atoms with Crippen LogP contribution in [0.4, 0.5) is 5.82 Å². The lowest BCUT2D eigenvalue weighted by Crippen LogP contribution is -2.38.